The van der Waals surface area contributed by atoms with E-state index in [4.69, 9.17) is 14.2 Å². The summed E-state index contributed by atoms with van der Waals surface area (Å²) in [5.74, 6) is 0. The van der Waals surface area contributed by atoms with E-state index in [0.29, 0.717) is 0 Å². The molecule has 4 heteroatoms. The average molecular weight is 152 g/mol. The highest BCUT2D eigenvalue weighted by Gasteiger charge is 2.27. The zero-order valence-electron chi connectivity index (χ0n) is 6.13. The van der Waals surface area contributed by atoms with Crippen LogP contribution in [0, 0.1) is 0 Å². The van der Waals surface area contributed by atoms with Gasteiger partial charge in [0.25, 0.3) is 0 Å². The Morgan fingerprint density at radius 2 is 1.33 bits per heavy atom. The number of thioether (sulfide) groups is 1. The largest absolute Gasteiger partial charge is 0.336 e. The molecule has 0 saturated heterocycles. The van der Waals surface area contributed by atoms with E-state index in [0.717, 1.165) is 0 Å². The molecular weight excluding hydrogens is 140 g/mol. The molecule has 0 unspecified atom stereocenters. The Labute approximate surface area is 59.7 Å². The van der Waals surface area contributed by atoms with Gasteiger partial charge in [0.1, 0.15) is 0 Å². The lowest BCUT2D eigenvalue weighted by molar-refractivity contribution is -0.284. The second-order valence-corrected chi connectivity index (χ2v) is 2.22. The summed E-state index contributed by atoms with van der Waals surface area (Å²) in [6, 6.07) is 0. The molecule has 0 spiro atoms. The van der Waals surface area contributed by atoms with Crippen LogP contribution < -0.4 is 0 Å². The first-order valence-electron chi connectivity index (χ1n) is 2.45. The van der Waals surface area contributed by atoms with Crippen molar-refractivity contribution < 1.29 is 14.2 Å². The number of ether oxygens (including phenoxy) is 3. The Morgan fingerprint density at radius 3 is 1.33 bits per heavy atom. The first-order valence-corrected chi connectivity index (χ1v) is 3.67. The third-order valence-electron chi connectivity index (χ3n) is 1.00. The molecule has 0 aliphatic carbocycles. The summed E-state index contributed by atoms with van der Waals surface area (Å²) in [5.41, 5.74) is 0. The van der Waals surface area contributed by atoms with Crippen molar-refractivity contribution in [1.82, 2.24) is 0 Å². The molecule has 0 aromatic carbocycles. The Bertz CT molecular complexity index is 55.1. The molecule has 0 rings (SSSR count). The minimum atomic E-state index is -0.917. The van der Waals surface area contributed by atoms with Crippen LogP contribution in [-0.2, 0) is 14.2 Å². The van der Waals surface area contributed by atoms with Crippen LogP contribution in [0.15, 0.2) is 0 Å². The van der Waals surface area contributed by atoms with Gasteiger partial charge >= 0.3 is 5.31 Å². The average Bonchev–Trinajstić information content (AvgIpc) is 1.95. The Morgan fingerprint density at radius 1 is 1.00 bits per heavy atom. The maximum atomic E-state index is 4.90. The molecule has 0 heterocycles. The van der Waals surface area contributed by atoms with Gasteiger partial charge in [0.15, 0.2) is 0 Å². The van der Waals surface area contributed by atoms with Gasteiger partial charge in [0.2, 0.25) is 0 Å². The molecule has 0 aromatic rings. The van der Waals surface area contributed by atoms with Gasteiger partial charge < -0.3 is 14.2 Å². The lowest BCUT2D eigenvalue weighted by Crippen LogP contribution is -2.31. The number of rotatable bonds is 4. The first kappa shape index (κ1) is 9.23. The van der Waals surface area contributed by atoms with Crippen LogP contribution in [-0.4, -0.2) is 32.9 Å². The van der Waals surface area contributed by atoms with Crippen LogP contribution in [0.3, 0.4) is 0 Å². The van der Waals surface area contributed by atoms with Gasteiger partial charge in [0, 0.05) is 21.3 Å². The van der Waals surface area contributed by atoms with Crippen LogP contribution in [0.1, 0.15) is 0 Å². The third kappa shape index (κ3) is 2.14. The molecule has 0 bridgehead atoms. The lowest BCUT2D eigenvalue weighted by Gasteiger charge is -2.25. The van der Waals surface area contributed by atoms with Gasteiger partial charge in [-0.3, -0.25) is 0 Å². The van der Waals surface area contributed by atoms with E-state index in [-0.39, 0.29) is 0 Å². The van der Waals surface area contributed by atoms with Crippen molar-refractivity contribution in [2.24, 2.45) is 0 Å². The van der Waals surface area contributed by atoms with E-state index in [2.05, 4.69) is 0 Å². The third-order valence-corrected chi connectivity index (χ3v) is 2.00. The maximum absolute atomic E-state index is 4.90. The Balaban J connectivity index is 3.82. The zero-order valence-corrected chi connectivity index (χ0v) is 6.95. The number of methoxy groups -OCH3 is 3. The molecule has 0 aliphatic rings. The fourth-order valence-electron chi connectivity index (χ4n) is 0.500. The topological polar surface area (TPSA) is 27.7 Å². The molecule has 0 amide bonds. The van der Waals surface area contributed by atoms with E-state index in [1.807, 2.05) is 6.26 Å². The SMILES string of the molecule is COC(OC)(OC)SC. The van der Waals surface area contributed by atoms with Gasteiger partial charge in [-0.2, -0.15) is 0 Å². The van der Waals surface area contributed by atoms with Gasteiger partial charge in [-0.1, -0.05) is 11.8 Å². The summed E-state index contributed by atoms with van der Waals surface area (Å²) in [6.07, 6.45) is 1.84. The zero-order chi connectivity index (χ0) is 7.33. The Hall–Kier alpha value is 0.230. The van der Waals surface area contributed by atoms with Crippen molar-refractivity contribution in [3.8, 4) is 0 Å². The van der Waals surface area contributed by atoms with Gasteiger partial charge in [-0.15, -0.1) is 0 Å². The molecule has 9 heavy (non-hydrogen) atoms. The molecule has 0 atom stereocenters. The van der Waals surface area contributed by atoms with E-state index < -0.39 is 5.31 Å². The summed E-state index contributed by atoms with van der Waals surface area (Å²) < 4.78 is 14.7. The van der Waals surface area contributed by atoms with Crippen molar-refractivity contribution in [1.29, 1.82) is 0 Å². The predicted octanol–water partition coefficient (Wildman–Crippen LogP) is 0.900. The fourth-order valence-corrected chi connectivity index (χ4v) is 1.00. The van der Waals surface area contributed by atoms with Crippen molar-refractivity contribution in [3.05, 3.63) is 0 Å². The van der Waals surface area contributed by atoms with E-state index in [9.17, 15) is 0 Å². The van der Waals surface area contributed by atoms with E-state index in [1.54, 1.807) is 0 Å². The van der Waals surface area contributed by atoms with Crippen LogP contribution in [0.5, 0.6) is 0 Å². The van der Waals surface area contributed by atoms with Crippen molar-refractivity contribution >= 4 is 11.8 Å². The predicted molar refractivity (Wildman–Crippen MR) is 37.3 cm³/mol. The van der Waals surface area contributed by atoms with Crippen molar-refractivity contribution in [3.63, 3.8) is 0 Å². The standard InChI is InChI=1S/C5H12O3S/c1-6-5(7-2,8-3)9-4/h1-4H3. The first-order chi connectivity index (χ1) is 4.24. The summed E-state index contributed by atoms with van der Waals surface area (Å²) in [5, 5.41) is -0.917. The van der Waals surface area contributed by atoms with Gasteiger partial charge in [-0.25, -0.2) is 0 Å². The molecule has 0 aliphatic heterocycles. The monoisotopic (exact) mass is 152 g/mol. The molecule has 0 fully saturated rings. The second-order valence-electron chi connectivity index (χ2n) is 1.32. The highest BCUT2D eigenvalue weighted by molar-refractivity contribution is 7.99. The minimum Gasteiger partial charge on any atom is -0.322 e. The van der Waals surface area contributed by atoms with Crippen molar-refractivity contribution in [2.75, 3.05) is 27.6 Å². The molecule has 0 saturated carbocycles. The highest BCUT2D eigenvalue weighted by Crippen LogP contribution is 2.24. The van der Waals surface area contributed by atoms with E-state index in [1.165, 1.54) is 33.1 Å². The van der Waals surface area contributed by atoms with Gasteiger partial charge in [0.05, 0.1) is 0 Å². The van der Waals surface area contributed by atoms with Crippen molar-refractivity contribution in [2.45, 2.75) is 5.31 Å². The van der Waals surface area contributed by atoms with Gasteiger partial charge in [-0.05, 0) is 6.26 Å². The second kappa shape index (κ2) is 4.11. The van der Waals surface area contributed by atoms with E-state index >= 15 is 0 Å². The lowest BCUT2D eigenvalue weighted by atomic mass is 11.1. The Kier molecular flexibility index (Phi) is 4.22. The maximum Gasteiger partial charge on any atom is 0.336 e. The fraction of sp³-hybridized carbons (Fsp3) is 1.00. The van der Waals surface area contributed by atoms with Crippen LogP contribution in [0.4, 0.5) is 0 Å². The number of hydrogen-bond donors (Lipinski definition) is 0. The molecule has 0 radical (unpaired) electrons. The molecule has 3 nitrogen and oxygen atoms in total. The highest BCUT2D eigenvalue weighted by atomic mass is 32.2. The molecule has 56 valence electrons. The molecular formula is C5H12O3S. The summed E-state index contributed by atoms with van der Waals surface area (Å²) in [4.78, 5) is 0. The van der Waals surface area contributed by atoms with Crippen LogP contribution in [0.25, 0.3) is 0 Å². The van der Waals surface area contributed by atoms with Crippen LogP contribution >= 0.6 is 11.8 Å². The smallest absolute Gasteiger partial charge is 0.322 e. The minimum absolute atomic E-state index is 0.917. The molecule has 0 aromatic heterocycles. The summed E-state index contributed by atoms with van der Waals surface area (Å²) in [6.45, 7) is 0. The van der Waals surface area contributed by atoms with Crippen LogP contribution in [0.2, 0.25) is 0 Å². The number of hydrogen-bond acceptors (Lipinski definition) is 4. The quantitative estimate of drug-likeness (QED) is 0.559. The summed E-state index contributed by atoms with van der Waals surface area (Å²) >= 11 is 1.35. The summed E-state index contributed by atoms with van der Waals surface area (Å²) in [7, 11) is 4.59. The molecule has 0 N–H and O–H groups in total. The normalized spacial score (nSPS) is 12.0.